The lowest BCUT2D eigenvalue weighted by Gasteiger charge is -2.51. The molecule has 0 saturated heterocycles. The van der Waals surface area contributed by atoms with E-state index in [9.17, 15) is 0 Å². The Hall–Kier alpha value is 2.73. The van der Waals surface area contributed by atoms with Gasteiger partial charge in [-0.3, -0.25) is 7.06 Å². The summed E-state index contributed by atoms with van der Waals surface area (Å²) in [6, 6.07) is 0. The fraction of sp³-hybridized carbons (Fsp3) is 0. The van der Waals surface area contributed by atoms with Crippen LogP contribution >= 0.6 is 0 Å². The molecule has 42 heavy (non-hydrogen) atoms. The maximum Gasteiger partial charge on any atom is -0.0000000000000000740 e. The molecule has 0 atom stereocenters. The van der Waals surface area contributed by atoms with Crippen molar-refractivity contribution < 1.29 is 0 Å². The Kier molecular flexibility index (Phi) is 22.3. The highest BCUT2D eigenvalue weighted by atomic mass is 13.3. The Morgan fingerprint density at radius 2 is 0.500 bits per heavy atom. The third-order valence-electron chi connectivity index (χ3n) is 8.22. The van der Waals surface area contributed by atoms with Gasteiger partial charge in [-0.05, 0) is 283 Å². The van der Waals surface area contributed by atoms with Crippen molar-refractivity contribution >= 4 is 298 Å². The zero-order valence-corrected chi connectivity index (χ0v) is 24.2. The predicted octanol–water partition coefficient (Wildman–Crippen LogP) is -16.0. The van der Waals surface area contributed by atoms with Crippen LogP contribution in [0.3, 0.4) is 0 Å². The van der Waals surface area contributed by atoms with Crippen molar-refractivity contribution in [3.05, 3.63) is 0 Å². The van der Waals surface area contributed by atoms with E-state index >= 15 is 0 Å². The third-order valence-corrected chi connectivity index (χ3v) is 8.22. The van der Waals surface area contributed by atoms with Gasteiger partial charge in [-0.15, -0.1) is 0 Å². The summed E-state index contributed by atoms with van der Waals surface area (Å²) in [5.41, 5.74) is 0. The monoisotopic (exact) mass is 462 g/mol. The summed E-state index contributed by atoms with van der Waals surface area (Å²) in [5, 5.41) is 0. The van der Waals surface area contributed by atoms with Gasteiger partial charge in [0.25, 0.3) is 0 Å². The van der Waals surface area contributed by atoms with Crippen LogP contribution in [0.25, 0.3) is 0 Å². The molecule has 0 spiro atoms. The molecule has 127 valence electrons. The van der Waals surface area contributed by atoms with Crippen LogP contribution in [-0.4, -0.2) is 298 Å². The molecule has 0 aliphatic rings. The van der Waals surface area contributed by atoms with E-state index in [0.717, 1.165) is 0 Å². The van der Waals surface area contributed by atoms with E-state index in [1.54, 1.807) is 7.06 Å². The first-order chi connectivity index (χ1) is 19.1. The molecule has 0 aromatic heterocycles. The zero-order chi connectivity index (χ0) is 33.4. The second-order valence-corrected chi connectivity index (χ2v) is 11.4. The van der Waals surface area contributed by atoms with Crippen LogP contribution in [0.4, 0.5) is 0 Å². The smallest absolute Gasteiger partial charge is 0.0000000000000000740 e. The molecule has 0 bridgehead atoms. The van der Waals surface area contributed by atoms with Crippen molar-refractivity contribution in [3.8, 4) is 0 Å². The molecule has 0 rings (SSSR count). The maximum atomic E-state index is 6.39. The average molecular weight is 454 g/mol. The fourth-order valence-corrected chi connectivity index (χ4v) is 6.42. The zero-order valence-electron chi connectivity index (χ0n) is 24.2. The van der Waals surface area contributed by atoms with Gasteiger partial charge >= 0.3 is 0 Å². The molecule has 0 fully saturated rings. The lowest BCUT2D eigenvalue weighted by molar-refractivity contribution is 3.25. The molecular weight excluding hydrogens is 454 g/mol. The number of hydrogen-bond acceptors (Lipinski definition) is 0. The van der Waals surface area contributed by atoms with Gasteiger partial charge in [0.1, 0.15) is 0 Å². The van der Waals surface area contributed by atoms with Gasteiger partial charge < -0.3 is 7.74 Å². The molecule has 42 heteroatoms. The minimum Gasteiger partial charge on any atom is -0.690 e. The van der Waals surface area contributed by atoms with Crippen LogP contribution in [0.5, 0.6) is 0 Å². The Labute approximate surface area is 295 Å². The Morgan fingerprint density at radius 3 is 0.690 bits per heavy atom. The highest BCUT2D eigenvalue weighted by molar-refractivity contribution is 8.28. The Balaban J connectivity index is 8.02. The largest absolute Gasteiger partial charge is 0.690 e. The maximum absolute atomic E-state index is 6.39. The molecular formula is B42-. The SMILES string of the molecule is [B]B([B])B([B][B-])B(B([B])[B])B([B]B(B(B([B])[B])B([B])[B])B(B([B])[B])B([B])[B])B(B(B([B])[B])B([B])[B])B(B([B])[B])B([B])[B]. The topological polar surface area (TPSA) is 0 Å². The Bertz CT molecular complexity index is 602. The highest BCUT2D eigenvalue weighted by Crippen LogP contribution is 2.14. The third kappa shape index (κ3) is 12.6. The summed E-state index contributed by atoms with van der Waals surface area (Å²) in [6.07, 6.45) is -19.9. The van der Waals surface area contributed by atoms with E-state index in [0.29, 0.717) is 0 Å². The summed E-state index contributed by atoms with van der Waals surface area (Å²) in [6.45, 7) is 0. The molecule has 45 radical (unpaired) electrons. The molecule has 0 unspecified atom stereocenters. The normalized spacial score (nSPS) is 9.55. The molecule has 0 aliphatic carbocycles. The fourth-order valence-electron chi connectivity index (χ4n) is 6.42. The molecule has 0 aromatic rings. The summed E-state index contributed by atoms with van der Waals surface area (Å²) < 4.78 is 0. The second-order valence-electron chi connectivity index (χ2n) is 11.4. The highest BCUT2D eigenvalue weighted by Gasteiger charge is 2.52. The van der Waals surface area contributed by atoms with Gasteiger partial charge in [-0.1, -0.05) is 0 Å². The van der Waals surface area contributed by atoms with E-state index in [1.807, 2.05) is 0 Å². The first-order valence-corrected chi connectivity index (χ1v) is 13.7. The minimum atomic E-state index is -1.17. The van der Waals surface area contributed by atoms with Crippen molar-refractivity contribution in [2.45, 2.75) is 0 Å². The van der Waals surface area contributed by atoms with Crippen LogP contribution in [0.15, 0.2) is 0 Å². The van der Waals surface area contributed by atoms with Gasteiger partial charge in [-0.25, -0.2) is 0 Å². The summed E-state index contributed by atoms with van der Waals surface area (Å²) in [7, 11) is 133. The van der Waals surface area contributed by atoms with Gasteiger partial charge in [-0.2, -0.15) is 0 Å². The minimum absolute atomic E-state index is 0.866. The molecule has 0 N–H and O–H groups in total. The van der Waals surface area contributed by atoms with Crippen molar-refractivity contribution in [3.63, 3.8) is 0 Å². The summed E-state index contributed by atoms with van der Waals surface area (Å²) >= 11 is 0. The lowest BCUT2D eigenvalue weighted by Crippen LogP contribution is -2.88. The first-order valence-electron chi connectivity index (χ1n) is 13.7. The van der Waals surface area contributed by atoms with E-state index < -0.39 is 121 Å². The van der Waals surface area contributed by atoms with Gasteiger partial charge in [0, 0.05) is 0 Å². The van der Waals surface area contributed by atoms with E-state index in [4.69, 9.17) is 162 Å². The van der Waals surface area contributed by atoms with Gasteiger partial charge in [0.2, 0.25) is 0 Å². The van der Waals surface area contributed by atoms with Crippen LogP contribution in [0, 0.1) is 0 Å². The second kappa shape index (κ2) is 21.0. The quantitative estimate of drug-likeness (QED) is 0.161. The molecule has 0 amide bonds. The van der Waals surface area contributed by atoms with Gasteiger partial charge in [0.05, 0.1) is 0 Å². The van der Waals surface area contributed by atoms with Crippen LogP contribution < -0.4 is 0 Å². The van der Waals surface area contributed by atoms with E-state index in [1.165, 1.54) is 7.06 Å². The van der Waals surface area contributed by atoms with Crippen molar-refractivity contribution in [2.75, 3.05) is 0 Å². The molecule has 0 heterocycles. The lowest BCUT2D eigenvalue weighted by atomic mass is 8.31. The van der Waals surface area contributed by atoms with Crippen LogP contribution in [0.2, 0.25) is 0 Å². The van der Waals surface area contributed by atoms with Crippen molar-refractivity contribution in [2.24, 2.45) is 0 Å². The molecule has 0 nitrogen and oxygen atoms in total. The van der Waals surface area contributed by atoms with Gasteiger partial charge in [0.15, 0.2) is 0 Å². The average Bonchev–Trinajstić information content (AvgIpc) is 2.78. The molecule has 0 aromatic carbocycles. The van der Waals surface area contributed by atoms with E-state index in [-0.39, 0.29) is 0 Å². The Morgan fingerprint density at radius 1 is 0.262 bits per heavy atom. The van der Waals surface area contributed by atoms with Crippen molar-refractivity contribution in [1.29, 1.82) is 0 Å². The summed E-state index contributed by atoms with van der Waals surface area (Å²) in [5.74, 6) is 0. The van der Waals surface area contributed by atoms with Crippen LogP contribution in [-0.2, 0) is 0 Å². The summed E-state index contributed by atoms with van der Waals surface area (Å²) in [4.78, 5) is 0. The number of rotatable bonds is 20. The van der Waals surface area contributed by atoms with Crippen LogP contribution in [0.1, 0.15) is 0 Å². The molecule has 0 aliphatic heterocycles. The predicted molar refractivity (Wildman–Crippen MR) is 242 cm³/mol. The number of hydrogen-bond donors (Lipinski definition) is 0. The first kappa shape index (κ1) is 44.7. The van der Waals surface area contributed by atoms with E-state index in [2.05, 4.69) is 0 Å². The van der Waals surface area contributed by atoms with Crippen molar-refractivity contribution in [1.82, 2.24) is 0 Å². The standard InChI is InChI=1S/B42/c1-22-34(24(2)3)41(33(20)21)36(42(39(29(12)13)30(14)15)40(31(16)17)32(18)19)23-35(37(25(4)5)26(6)7)38(27(8)9)28(10)11/q-1. The molecule has 0 saturated carbocycles.